The molecule has 0 atom stereocenters. The molecular formula is C20H30Cl2O2Si2Ti. The first kappa shape index (κ1) is 21.6. The molecule has 27 heavy (non-hydrogen) atoms. The van der Waals surface area contributed by atoms with Gasteiger partial charge in [0.25, 0.3) is 0 Å². The van der Waals surface area contributed by atoms with Crippen LogP contribution in [0.1, 0.15) is 21.8 Å². The minimum atomic E-state index is -6.11. The van der Waals surface area contributed by atoms with E-state index in [1.54, 1.807) is 5.23 Å². The van der Waals surface area contributed by atoms with Gasteiger partial charge >= 0.3 is 170 Å². The summed E-state index contributed by atoms with van der Waals surface area (Å²) in [5.74, 6) is 0. The van der Waals surface area contributed by atoms with Crippen LogP contribution in [0.5, 0.6) is 0 Å². The fourth-order valence-electron chi connectivity index (χ4n) is 4.62. The fraction of sp³-hybridized carbons (Fsp3) is 0.400. The molecule has 0 aliphatic heterocycles. The molecule has 0 amide bonds. The Labute approximate surface area is 169 Å². The van der Waals surface area contributed by atoms with Gasteiger partial charge in [0.05, 0.1) is 0 Å². The van der Waals surface area contributed by atoms with Crippen LogP contribution in [0.4, 0.5) is 0 Å². The molecule has 0 N–H and O–H groups in total. The average Bonchev–Trinajstić information content (AvgIpc) is 2.86. The van der Waals surface area contributed by atoms with E-state index in [9.17, 15) is 0 Å². The van der Waals surface area contributed by atoms with Crippen LogP contribution in [0.3, 0.4) is 0 Å². The first-order valence-corrected chi connectivity index (χ1v) is 27.3. The van der Waals surface area contributed by atoms with Gasteiger partial charge in [-0.3, -0.25) is 0 Å². The van der Waals surface area contributed by atoms with E-state index in [-0.39, 0.29) is 8.11 Å². The van der Waals surface area contributed by atoms with Crippen molar-refractivity contribution in [3.63, 3.8) is 0 Å². The van der Waals surface area contributed by atoms with E-state index in [0.29, 0.717) is 17.8 Å². The van der Waals surface area contributed by atoms with E-state index >= 15 is 3.32 Å². The van der Waals surface area contributed by atoms with Gasteiger partial charge in [0, 0.05) is 0 Å². The summed E-state index contributed by atoms with van der Waals surface area (Å²) < 4.78 is 20.8. The second kappa shape index (κ2) is 5.54. The van der Waals surface area contributed by atoms with Gasteiger partial charge in [0.2, 0.25) is 0 Å². The topological polar surface area (TPSA) is 26.3 Å². The maximum atomic E-state index is 15.0. The Balaban J connectivity index is 2.10. The van der Waals surface area contributed by atoms with Gasteiger partial charge in [-0.1, -0.05) is 0 Å². The molecule has 0 saturated heterocycles. The van der Waals surface area contributed by atoms with Crippen LogP contribution in [-0.2, 0) is 17.6 Å². The predicted octanol–water partition coefficient (Wildman–Crippen LogP) is 6.16. The van der Waals surface area contributed by atoms with E-state index in [1.165, 1.54) is 0 Å². The molecule has 0 bridgehead atoms. The second-order valence-electron chi connectivity index (χ2n) is 10.8. The molecular weight excluding hydrogens is 447 g/mol. The van der Waals surface area contributed by atoms with Crippen molar-refractivity contribution in [2.24, 2.45) is 0 Å². The summed E-state index contributed by atoms with van der Waals surface area (Å²) in [5, 5.41) is 1.70. The van der Waals surface area contributed by atoms with Gasteiger partial charge in [-0.25, -0.2) is 0 Å². The van der Waals surface area contributed by atoms with Crippen LogP contribution in [0, 0.1) is 0 Å². The zero-order valence-electron chi connectivity index (χ0n) is 16.9. The standard InChI is InChI=1S/C13H9.C6H15OSi.CH3.2ClH.O.H3Si.Ti/c1-3-7-12-10(5-1)9-11-6-2-4-8-13(11)12;1-5-6-7-8(2,3)4;;;;;;/h1-9H;1,5-6H2,2-4H3;1H3;2*1H;;1H3;/q;;;;;;;+2/p-2. The summed E-state index contributed by atoms with van der Waals surface area (Å²) in [7, 11) is 7.12. The quantitative estimate of drug-likeness (QED) is 0.368. The number of benzene rings is 2. The molecule has 1 aliphatic rings. The predicted molar refractivity (Wildman–Crippen MR) is 121 cm³/mol. The number of fused-ring (bicyclic) bond motifs is 3. The Morgan fingerprint density at radius 1 is 1.00 bits per heavy atom. The molecule has 3 rings (SSSR count). The Morgan fingerprint density at radius 2 is 1.44 bits per heavy atom. The summed E-state index contributed by atoms with van der Waals surface area (Å²) in [6.45, 7) is 7.00. The molecule has 0 saturated carbocycles. The molecule has 2 nitrogen and oxygen atoms in total. The summed E-state index contributed by atoms with van der Waals surface area (Å²) in [6.07, 6.45) is 0.609. The molecule has 1 aliphatic carbocycles. The third-order valence-electron chi connectivity index (χ3n) is 5.74. The zero-order chi connectivity index (χ0) is 20.2. The normalized spacial score (nSPS) is 18.8. The SMILES string of the molecule is C[Si](C)(C)OCC[CH2][Ti]([CH3])(=[O])([SiH3])([Cl])([Cl])[CH]1c2ccccc2-c2ccccc21. The van der Waals surface area contributed by atoms with Crippen LogP contribution in [0.2, 0.25) is 29.6 Å². The first-order chi connectivity index (χ1) is 12.0. The van der Waals surface area contributed by atoms with E-state index < -0.39 is 22.4 Å². The average molecular weight is 477 g/mol. The van der Waals surface area contributed by atoms with Crippen LogP contribution >= 0.6 is 18.6 Å². The third-order valence-corrected chi connectivity index (χ3v) is 22.5. The summed E-state index contributed by atoms with van der Waals surface area (Å²) in [5.41, 5.74) is 4.19. The Morgan fingerprint density at radius 3 is 1.89 bits per heavy atom. The van der Waals surface area contributed by atoms with E-state index in [0.717, 1.165) is 22.3 Å². The van der Waals surface area contributed by atoms with Crippen molar-refractivity contribution in [2.75, 3.05) is 6.61 Å². The van der Waals surface area contributed by atoms with Crippen molar-refractivity contribution in [3.8, 4) is 11.1 Å². The molecule has 0 heterocycles. The van der Waals surface area contributed by atoms with Crippen molar-refractivity contribution in [3.05, 3.63) is 59.7 Å². The molecule has 0 spiro atoms. The van der Waals surface area contributed by atoms with Crippen LogP contribution < -0.4 is 0 Å². The van der Waals surface area contributed by atoms with Gasteiger partial charge < -0.3 is 0 Å². The number of hydrogen-bond donors (Lipinski definition) is 0. The zero-order valence-corrected chi connectivity index (χ0v) is 23.0. The molecule has 0 fully saturated rings. The number of hydrogen-bond acceptors (Lipinski definition) is 2. The monoisotopic (exact) mass is 476 g/mol. The van der Waals surface area contributed by atoms with Gasteiger partial charge in [-0.15, -0.1) is 0 Å². The van der Waals surface area contributed by atoms with Crippen molar-refractivity contribution < 1.29 is 17.6 Å². The summed E-state index contributed by atoms with van der Waals surface area (Å²) in [4.78, 5) is 0. The number of rotatable bonds is 6. The number of halogens is 2. The second-order valence-corrected chi connectivity index (χ2v) is 64.2. The van der Waals surface area contributed by atoms with Crippen molar-refractivity contribution in [1.29, 1.82) is 0 Å². The fourth-order valence-corrected chi connectivity index (χ4v) is 19.7. The van der Waals surface area contributed by atoms with Gasteiger partial charge in [-0.05, 0) is 0 Å². The Bertz CT molecular complexity index is 971. The van der Waals surface area contributed by atoms with Crippen LogP contribution in [0.25, 0.3) is 11.1 Å². The van der Waals surface area contributed by atoms with Gasteiger partial charge in [0.1, 0.15) is 0 Å². The third kappa shape index (κ3) is 4.42. The molecule has 2 aromatic carbocycles. The van der Waals surface area contributed by atoms with Crippen LogP contribution in [0.15, 0.2) is 48.5 Å². The molecule has 148 valence electrons. The first-order valence-electron chi connectivity index (χ1n) is 9.70. The molecule has 0 unspecified atom stereocenters. The summed E-state index contributed by atoms with van der Waals surface area (Å²) in [6, 6.07) is 16.2. The minimum absolute atomic E-state index is 0.221. The van der Waals surface area contributed by atoms with Crippen molar-refractivity contribution >= 4 is 35.0 Å². The van der Waals surface area contributed by atoms with E-state index in [2.05, 4.69) is 31.8 Å². The van der Waals surface area contributed by atoms with Gasteiger partial charge in [-0.2, -0.15) is 0 Å². The molecule has 0 radical (unpaired) electrons. The molecule has 2 aromatic rings. The van der Waals surface area contributed by atoms with Gasteiger partial charge in [0.15, 0.2) is 0 Å². The van der Waals surface area contributed by atoms with Crippen LogP contribution in [-0.4, -0.2) is 23.0 Å². The van der Waals surface area contributed by atoms with E-state index in [1.807, 2.05) is 36.4 Å². The Kier molecular flexibility index (Phi) is 4.44. The molecule has 7 heteroatoms. The van der Waals surface area contributed by atoms with Crippen molar-refractivity contribution in [2.45, 2.75) is 40.2 Å². The Hall–Kier alpha value is -0.0719. The maximum absolute atomic E-state index is 15.0. The van der Waals surface area contributed by atoms with Crippen molar-refractivity contribution in [1.82, 2.24) is 0 Å². The molecule has 0 aromatic heterocycles. The summed E-state index contributed by atoms with van der Waals surface area (Å²) >= 11 is 0. The van der Waals surface area contributed by atoms with E-state index in [4.69, 9.17) is 23.0 Å².